The van der Waals surface area contributed by atoms with Crippen molar-refractivity contribution in [3.63, 3.8) is 0 Å². The smallest absolute Gasteiger partial charge is 0.289 e. The highest BCUT2D eigenvalue weighted by Crippen LogP contribution is 2.30. The SMILES string of the molecule is Cc1ccc2c(C)c(C(=O)N3CCCC(c4cc(=O)[nH]cn4)C3)oc2c1. The number of hydrogen-bond acceptors (Lipinski definition) is 4. The average Bonchev–Trinajstić information content (AvgIpc) is 2.97. The molecule has 1 unspecified atom stereocenters. The van der Waals surface area contributed by atoms with Crippen molar-refractivity contribution in [1.82, 2.24) is 14.9 Å². The van der Waals surface area contributed by atoms with Crippen LogP contribution in [-0.4, -0.2) is 33.9 Å². The first-order valence-electron chi connectivity index (χ1n) is 8.86. The van der Waals surface area contributed by atoms with Gasteiger partial charge in [0.1, 0.15) is 5.58 Å². The van der Waals surface area contributed by atoms with Crippen molar-refractivity contribution in [1.29, 1.82) is 0 Å². The van der Waals surface area contributed by atoms with E-state index >= 15 is 0 Å². The number of amides is 1. The summed E-state index contributed by atoms with van der Waals surface area (Å²) in [6.45, 7) is 5.16. The lowest BCUT2D eigenvalue weighted by Gasteiger charge is -2.32. The summed E-state index contributed by atoms with van der Waals surface area (Å²) in [6.07, 6.45) is 3.21. The number of aromatic nitrogens is 2. The Labute approximate surface area is 150 Å². The average molecular weight is 351 g/mol. The summed E-state index contributed by atoms with van der Waals surface area (Å²) in [5.41, 5.74) is 3.30. The van der Waals surface area contributed by atoms with Crippen LogP contribution in [0.5, 0.6) is 0 Å². The number of H-pyrrole nitrogens is 1. The van der Waals surface area contributed by atoms with Gasteiger partial charge >= 0.3 is 0 Å². The minimum absolute atomic E-state index is 0.0712. The Morgan fingerprint density at radius 1 is 1.31 bits per heavy atom. The molecule has 2 aromatic heterocycles. The maximum absolute atomic E-state index is 13.1. The van der Waals surface area contributed by atoms with E-state index in [1.54, 1.807) is 0 Å². The van der Waals surface area contributed by atoms with E-state index in [1.165, 1.54) is 12.4 Å². The number of nitrogens with one attached hydrogen (secondary N) is 1. The standard InChI is InChI=1S/C20H21N3O3/c1-12-5-6-15-13(2)19(26-17(15)8-12)20(25)23-7-3-4-14(10-23)16-9-18(24)22-11-21-16/h5-6,8-9,11,14H,3-4,7,10H2,1-2H3,(H,21,22,24). The highest BCUT2D eigenvalue weighted by atomic mass is 16.3. The number of likely N-dealkylation sites (tertiary alicyclic amines) is 1. The number of carbonyl (C=O) groups is 1. The summed E-state index contributed by atoms with van der Waals surface area (Å²) in [7, 11) is 0. The number of furan rings is 1. The van der Waals surface area contributed by atoms with E-state index in [4.69, 9.17) is 4.42 Å². The third-order valence-corrected chi connectivity index (χ3v) is 5.11. The van der Waals surface area contributed by atoms with E-state index < -0.39 is 0 Å². The number of hydrogen-bond donors (Lipinski definition) is 1. The summed E-state index contributed by atoms with van der Waals surface area (Å²) in [5.74, 6) is 0.387. The predicted molar refractivity (Wildman–Crippen MR) is 98.4 cm³/mol. The summed E-state index contributed by atoms with van der Waals surface area (Å²) >= 11 is 0. The van der Waals surface area contributed by atoms with Gasteiger partial charge in [0, 0.05) is 36.0 Å². The van der Waals surface area contributed by atoms with Crippen LogP contribution >= 0.6 is 0 Å². The number of rotatable bonds is 2. The van der Waals surface area contributed by atoms with Gasteiger partial charge in [-0.25, -0.2) is 4.98 Å². The fourth-order valence-corrected chi connectivity index (χ4v) is 3.69. The number of nitrogens with zero attached hydrogens (tertiary/aromatic N) is 2. The molecule has 0 spiro atoms. The van der Waals surface area contributed by atoms with E-state index in [2.05, 4.69) is 9.97 Å². The van der Waals surface area contributed by atoms with E-state index in [0.717, 1.165) is 40.6 Å². The molecular formula is C20H21N3O3. The van der Waals surface area contributed by atoms with Gasteiger partial charge in [0.25, 0.3) is 11.5 Å². The van der Waals surface area contributed by atoms with Crippen LogP contribution in [0.25, 0.3) is 11.0 Å². The first-order valence-corrected chi connectivity index (χ1v) is 8.86. The van der Waals surface area contributed by atoms with E-state index in [1.807, 2.05) is 36.9 Å². The lowest BCUT2D eigenvalue weighted by Crippen LogP contribution is -2.39. The zero-order chi connectivity index (χ0) is 18.3. The molecule has 1 fully saturated rings. The van der Waals surface area contributed by atoms with E-state index in [0.29, 0.717) is 18.8 Å². The molecule has 0 aliphatic carbocycles. The highest BCUT2D eigenvalue weighted by molar-refractivity contribution is 5.99. The van der Waals surface area contributed by atoms with Crippen LogP contribution in [0.3, 0.4) is 0 Å². The molecule has 0 radical (unpaired) electrons. The molecule has 3 aromatic rings. The van der Waals surface area contributed by atoms with E-state index in [9.17, 15) is 9.59 Å². The van der Waals surface area contributed by atoms with Crippen molar-refractivity contribution in [3.8, 4) is 0 Å². The van der Waals surface area contributed by atoms with Crippen LogP contribution in [0.1, 0.15) is 46.1 Å². The van der Waals surface area contributed by atoms with Crippen LogP contribution in [-0.2, 0) is 0 Å². The minimum Gasteiger partial charge on any atom is -0.451 e. The summed E-state index contributed by atoms with van der Waals surface area (Å²) in [6, 6.07) is 7.50. The maximum atomic E-state index is 13.1. The second-order valence-corrected chi connectivity index (χ2v) is 6.98. The normalized spacial score (nSPS) is 17.6. The molecule has 1 aliphatic rings. The Bertz CT molecular complexity index is 1030. The molecule has 0 saturated carbocycles. The third kappa shape index (κ3) is 2.92. The van der Waals surface area contributed by atoms with Gasteiger partial charge in [-0.1, -0.05) is 12.1 Å². The molecule has 3 heterocycles. The number of fused-ring (bicyclic) bond motifs is 1. The molecule has 0 bridgehead atoms. The van der Waals surface area contributed by atoms with Crippen LogP contribution in [0.2, 0.25) is 0 Å². The van der Waals surface area contributed by atoms with Gasteiger partial charge in [-0.3, -0.25) is 9.59 Å². The number of aryl methyl sites for hydroxylation is 2. The van der Waals surface area contributed by atoms with Crippen molar-refractivity contribution in [3.05, 3.63) is 63.5 Å². The molecule has 1 aliphatic heterocycles. The Balaban J connectivity index is 1.62. The van der Waals surface area contributed by atoms with Crippen molar-refractivity contribution in [2.45, 2.75) is 32.6 Å². The van der Waals surface area contributed by atoms with Gasteiger partial charge in [-0.15, -0.1) is 0 Å². The molecule has 4 rings (SSSR count). The second-order valence-electron chi connectivity index (χ2n) is 6.98. The topological polar surface area (TPSA) is 79.2 Å². The number of carbonyl (C=O) groups excluding carboxylic acids is 1. The molecule has 1 N–H and O–H groups in total. The number of aromatic amines is 1. The largest absolute Gasteiger partial charge is 0.451 e. The van der Waals surface area contributed by atoms with Gasteiger partial charge in [0.05, 0.1) is 12.0 Å². The van der Waals surface area contributed by atoms with Crippen LogP contribution in [0.15, 0.2) is 39.8 Å². The van der Waals surface area contributed by atoms with Crippen LogP contribution in [0, 0.1) is 13.8 Å². The van der Waals surface area contributed by atoms with Crippen molar-refractivity contribution in [2.75, 3.05) is 13.1 Å². The zero-order valence-electron chi connectivity index (χ0n) is 14.9. The molecule has 26 heavy (non-hydrogen) atoms. The quantitative estimate of drug-likeness (QED) is 0.769. The molecule has 6 nitrogen and oxygen atoms in total. The number of benzene rings is 1. The summed E-state index contributed by atoms with van der Waals surface area (Å²) in [4.78, 5) is 33.2. The van der Waals surface area contributed by atoms with Crippen molar-refractivity contribution < 1.29 is 9.21 Å². The third-order valence-electron chi connectivity index (χ3n) is 5.11. The monoisotopic (exact) mass is 351 g/mol. The molecule has 134 valence electrons. The molecule has 1 saturated heterocycles. The van der Waals surface area contributed by atoms with Crippen LogP contribution < -0.4 is 5.56 Å². The fourth-order valence-electron chi connectivity index (χ4n) is 3.69. The lowest BCUT2D eigenvalue weighted by molar-refractivity contribution is 0.0675. The predicted octanol–water partition coefficient (Wildman–Crippen LogP) is 3.15. The highest BCUT2D eigenvalue weighted by Gasteiger charge is 2.29. The second kappa shape index (κ2) is 6.44. The summed E-state index contributed by atoms with van der Waals surface area (Å²) in [5, 5.41) is 0.976. The first kappa shape index (κ1) is 16.6. The van der Waals surface area contributed by atoms with Gasteiger partial charge in [-0.05, 0) is 38.3 Å². The molecular weight excluding hydrogens is 330 g/mol. The Kier molecular flexibility index (Phi) is 4.11. The minimum atomic E-state index is -0.165. The molecule has 1 aromatic carbocycles. The molecule has 1 atom stereocenters. The summed E-state index contributed by atoms with van der Waals surface area (Å²) < 4.78 is 5.89. The first-order chi connectivity index (χ1) is 12.5. The van der Waals surface area contributed by atoms with Gasteiger partial charge in [0.2, 0.25) is 0 Å². The maximum Gasteiger partial charge on any atom is 0.289 e. The number of piperidine rings is 1. The Morgan fingerprint density at radius 2 is 2.15 bits per heavy atom. The fraction of sp³-hybridized carbons (Fsp3) is 0.350. The van der Waals surface area contributed by atoms with Gasteiger partial charge in [-0.2, -0.15) is 0 Å². The van der Waals surface area contributed by atoms with Gasteiger partial charge < -0.3 is 14.3 Å². The Hall–Kier alpha value is -2.89. The molecule has 1 amide bonds. The molecule has 6 heteroatoms. The van der Waals surface area contributed by atoms with Gasteiger partial charge in [0.15, 0.2) is 5.76 Å². The zero-order valence-corrected chi connectivity index (χ0v) is 14.9. The lowest BCUT2D eigenvalue weighted by atomic mass is 9.94. The van der Waals surface area contributed by atoms with Crippen molar-refractivity contribution >= 4 is 16.9 Å². The van der Waals surface area contributed by atoms with Crippen LogP contribution in [0.4, 0.5) is 0 Å². The Morgan fingerprint density at radius 3 is 2.96 bits per heavy atom. The van der Waals surface area contributed by atoms with E-state index in [-0.39, 0.29) is 17.4 Å². The van der Waals surface area contributed by atoms with Crippen molar-refractivity contribution in [2.24, 2.45) is 0 Å².